The van der Waals surface area contributed by atoms with Gasteiger partial charge in [0.25, 0.3) is 5.91 Å². The molecule has 1 N–H and O–H groups in total. The lowest BCUT2D eigenvalue weighted by Crippen LogP contribution is -2.33. The molecule has 1 aliphatic carbocycles. The molecule has 0 heterocycles. The molecule has 2 aromatic rings. The third-order valence-electron chi connectivity index (χ3n) is 3.57. The number of rotatable bonds is 5. The Morgan fingerprint density at radius 1 is 1.04 bits per heavy atom. The second-order valence-corrected chi connectivity index (χ2v) is 6.40. The Hall–Kier alpha value is -2.14. The number of nitrogens with one attached hydrogen (secondary N) is 1. The van der Waals surface area contributed by atoms with Gasteiger partial charge in [-0.15, -0.1) is 0 Å². The first-order valence-electron chi connectivity index (χ1n) is 7.45. The third-order valence-corrected chi connectivity index (χ3v) is 4.10. The van der Waals surface area contributed by atoms with Gasteiger partial charge in [-0.2, -0.15) is 0 Å². The molecule has 1 saturated carbocycles. The Labute approximate surface area is 143 Å². The van der Waals surface area contributed by atoms with Crippen LogP contribution in [-0.4, -0.2) is 17.9 Å². The first kappa shape index (κ1) is 15.7. The van der Waals surface area contributed by atoms with E-state index in [1.54, 1.807) is 36.4 Å². The second kappa shape index (κ2) is 6.96. The zero-order valence-electron chi connectivity index (χ0n) is 12.4. The molecular weight excluding hydrogens is 358 g/mol. The Kier molecular flexibility index (Phi) is 4.76. The predicted molar refractivity (Wildman–Crippen MR) is 89.9 cm³/mol. The molecule has 0 spiro atoms. The van der Waals surface area contributed by atoms with Crippen molar-refractivity contribution < 1.29 is 14.3 Å². The van der Waals surface area contributed by atoms with Gasteiger partial charge in [0.05, 0.1) is 5.56 Å². The van der Waals surface area contributed by atoms with Crippen molar-refractivity contribution in [1.29, 1.82) is 0 Å². The van der Waals surface area contributed by atoms with Crippen molar-refractivity contribution in [2.45, 2.75) is 25.0 Å². The number of amides is 1. The Bertz CT molecular complexity index is 696. The summed E-state index contributed by atoms with van der Waals surface area (Å²) in [7, 11) is 0. The van der Waals surface area contributed by atoms with Gasteiger partial charge < -0.3 is 10.1 Å². The summed E-state index contributed by atoms with van der Waals surface area (Å²) in [6.07, 6.45) is 1.02. The molecule has 0 aromatic heterocycles. The highest BCUT2D eigenvalue weighted by Gasteiger charge is 2.31. The Morgan fingerprint density at radius 2 is 1.70 bits per heavy atom. The van der Waals surface area contributed by atoms with Gasteiger partial charge in [0, 0.05) is 16.1 Å². The summed E-state index contributed by atoms with van der Waals surface area (Å²) in [4.78, 5) is 24.7. The molecule has 23 heavy (non-hydrogen) atoms. The van der Waals surface area contributed by atoms with Gasteiger partial charge in [0.2, 0.25) is 6.10 Å². The number of esters is 1. The minimum Gasteiger partial charge on any atom is -0.444 e. The van der Waals surface area contributed by atoms with Gasteiger partial charge in [-0.05, 0) is 37.1 Å². The van der Waals surface area contributed by atoms with Crippen LogP contribution < -0.4 is 5.32 Å². The van der Waals surface area contributed by atoms with Crippen LogP contribution in [0.2, 0.25) is 0 Å². The van der Waals surface area contributed by atoms with Crippen LogP contribution in [-0.2, 0) is 9.53 Å². The van der Waals surface area contributed by atoms with E-state index in [2.05, 4.69) is 21.2 Å². The lowest BCUT2D eigenvalue weighted by molar-refractivity contribution is -0.130. The lowest BCUT2D eigenvalue weighted by atomic mass is 10.1. The summed E-state index contributed by atoms with van der Waals surface area (Å²) in [5.74, 6) is -0.790. The minimum absolute atomic E-state index is 0.208. The molecule has 0 bridgehead atoms. The molecule has 1 amide bonds. The van der Waals surface area contributed by atoms with Crippen LogP contribution in [0.15, 0.2) is 59.1 Å². The van der Waals surface area contributed by atoms with Gasteiger partial charge in [-0.25, -0.2) is 4.79 Å². The molecule has 1 unspecified atom stereocenters. The SMILES string of the molecule is O=C(OC(C(=O)NC1CC1)c1ccccc1)c1ccc(Br)cc1. The van der Waals surface area contributed by atoms with E-state index in [0.717, 1.165) is 17.3 Å². The molecule has 2 aromatic carbocycles. The maximum atomic E-state index is 12.4. The summed E-state index contributed by atoms with van der Waals surface area (Å²) in [6.45, 7) is 0. The van der Waals surface area contributed by atoms with Crippen LogP contribution in [0.1, 0.15) is 34.9 Å². The molecule has 1 aliphatic rings. The number of carbonyl (C=O) groups excluding carboxylic acids is 2. The van der Waals surface area contributed by atoms with Crippen molar-refractivity contribution in [3.63, 3.8) is 0 Å². The Balaban J connectivity index is 1.78. The monoisotopic (exact) mass is 373 g/mol. The molecule has 4 nitrogen and oxygen atoms in total. The van der Waals surface area contributed by atoms with Gasteiger partial charge in [-0.3, -0.25) is 4.79 Å². The molecule has 3 rings (SSSR count). The summed E-state index contributed by atoms with van der Waals surface area (Å²) < 4.78 is 6.36. The molecule has 0 radical (unpaired) electrons. The van der Waals surface area contributed by atoms with Gasteiger partial charge >= 0.3 is 5.97 Å². The maximum Gasteiger partial charge on any atom is 0.339 e. The summed E-state index contributed by atoms with van der Waals surface area (Å²) in [5.41, 5.74) is 1.07. The fourth-order valence-electron chi connectivity index (χ4n) is 2.17. The molecule has 1 fully saturated rings. The standard InChI is InChI=1S/C18H16BrNO3/c19-14-8-6-13(7-9-14)18(22)23-16(12-4-2-1-3-5-12)17(21)20-15-10-11-15/h1-9,15-16H,10-11H2,(H,20,21). The van der Waals surface area contributed by atoms with E-state index in [9.17, 15) is 9.59 Å². The van der Waals surface area contributed by atoms with Crippen LogP contribution in [0.3, 0.4) is 0 Å². The van der Waals surface area contributed by atoms with E-state index in [4.69, 9.17) is 4.74 Å². The van der Waals surface area contributed by atoms with Gasteiger partial charge in [-0.1, -0.05) is 46.3 Å². The largest absolute Gasteiger partial charge is 0.444 e. The third kappa shape index (κ3) is 4.20. The van der Waals surface area contributed by atoms with Crippen LogP contribution >= 0.6 is 15.9 Å². The quantitative estimate of drug-likeness (QED) is 0.814. The number of hydrogen-bond donors (Lipinski definition) is 1. The average molecular weight is 374 g/mol. The van der Waals surface area contributed by atoms with E-state index in [1.807, 2.05) is 18.2 Å². The molecule has 5 heteroatoms. The zero-order chi connectivity index (χ0) is 16.2. The first-order valence-corrected chi connectivity index (χ1v) is 8.24. The highest BCUT2D eigenvalue weighted by molar-refractivity contribution is 9.10. The van der Waals surface area contributed by atoms with Crippen molar-refractivity contribution in [3.8, 4) is 0 Å². The van der Waals surface area contributed by atoms with E-state index in [1.165, 1.54) is 0 Å². The number of benzene rings is 2. The fourth-order valence-corrected chi connectivity index (χ4v) is 2.43. The molecule has 1 atom stereocenters. The highest BCUT2D eigenvalue weighted by atomic mass is 79.9. The van der Waals surface area contributed by atoms with Gasteiger partial charge in [0.15, 0.2) is 0 Å². The number of ether oxygens (including phenoxy) is 1. The topological polar surface area (TPSA) is 55.4 Å². The normalized spacial score (nSPS) is 14.8. The average Bonchev–Trinajstić information content (AvgIpc) is 3.37. The van der Waals surface area contributed by atoms with Crippen molar-refractivity contribution >= 4 is 27.8 Å². The number of halogens is 1. The summed E-state index contributed by atoms with van der Waals surface area (Å²) in [5, 5.41) is 2.89. The van der Waals surface area contributed by atoms with E-state index in [-0.39, 0.29) is 11.9 Å². The first-order chi connectivity index (χ1) is 11.1. The Morgan fingerprint density at radius 3 is 2.30 bits per heavy atom. The molecular formula is C18H16BrNO3. The van der Waals surface area contributed by atoms with Gasteiger partial charge in [0.1, 0.15) is 0 Å². The number of carbonyl (C=O) groups is 2. The van der Waals surface area contributed by atoms with Crippen molar-refractivity contribution in [1.82, 2.24) is 5.32 Å². The van der Waals surface area contributed by atoms with Crippen LogP contribution in [0.25, 0.3) is 0 Å². The van der Waals surface area contributed by atoms with Crippen LogP contribution in [0.5, 0.6) is 0 Å². The maximum absolute atomic E-state index is 12.4. The predicted octanol–water partition coefficient (Wildman–Crippen LogP) is 3.63. The van der Waals surface area contributed by atoms with E-state index < -0.39 is 12.1 Å². The second-order valence-electron chi connectivity index (χ2n) is 5.49. The fraction of sp³-hybridized carbons (Fsp3) is 0.222. The molecule has 118 valence electrons. The highest BCUT2D eigenvalue weighted by Crippen LogP contribution is 2.24. The summed E-state index contributed by atoms with van der Waals surface area (Å²) >= 11 is 3.32. The van der Waals surface area contributed by atoms with Crippen molar-refractivity contribution in [3.05, 3.63) is 70.2 Å². The van der Waals surface area contributed by atoms with Crippen molar-refractivity contribution in [2.24, 2.45) is 0 Å². The van der Waals surface area contributed by atoms with E-state index in [0.29, 0.717) is 11.1 Å². The van der Waals surface area contributed by atoms with Crippen LogP contribution in [0, 0.1) is 0 Å². The van der Waals surface area contributed by atoms with E-state index >= 15 is 0 Å². The summed E-state index contributed by atoms with van der Waals surface area (Å²) in [6, 6.07) is 16.1. The molecule has 0 aliphatic heterocycles. The lowest BCUT2D eigenvalue weighted by Gasteiger charge is -2.18. The molecule has 0 saturated heterocycles. The number of hydrogen-bond acceptors (Lipinski definition) is 3. The van der Waals surface area contributed by atoms with Crippen molar-refractivity contribution in [2.75, 3.05) is 0 Å². The zero-order valence-corrected chi connectivity index (χ0v) is 14.0. The van der Waals surface area contributed by atoms with Crippen LogP contribution in [0.4, 0.5) is 0 Å². The smallest absolute Gasteiger partial charge is 0.339 e. The minimum atomic E-state index is -0.937.